The minimum atomic E-state index is -1.02. The second kappa shape index (κ2) is 6.40. The van der Waals surface area contributed by atoms with Crippen molar-refractivity contribution < 1.29 is 19.4 Å². The maximum atomic E-state index is 12.3. The van der Waals surface area contributed by atoms with Crippen LogP contribution in [0.4, 0.5) is 9.93 Å². The van der Waals surface area contributed by atoms with E-state index in [4.69, 9.17) is 4.74 Å². The van der Waals surface area contributed by atoms with Crippen molar-refractivity contribution in [3.05, 3.63) is 10.6 Å². The molecule has 1 aliphatic rings. The van der Waals surface area contributed by atoms with E-state index in [2.05, 4.69) is 10.3 Å². The number of carbonyl (C=O) groups is 2. The van der Waals surface area contributed by atoms with Gasteiger partial charge in [0.1, 0.15) is 6.04 Å². The maximum absolute atomic E-state index is 12.3. The molecule has 8 heteroatoms. The van der Waals surface area contributed by atoms with E-state index in [0.29, 0.717) is 11.6 Å². The number of carboxylic acids is 1. The van der Waals surface area contributed by atoms with Crippen LogP contribution in [0.3, 0.4) is 0 Å². The number of rotatable bonds is 4. The molecule has 21 heavy (non-hydrogen) atoms. The van der Waals surface area contributed by atoms with Gasteiger partial charge in [-0.1, -0.05) is 6.92 Å². The molecule has 0 aliphatic carbocycles. The summed E-state index contributed by atoms with van der Waals surface area (Å²) in [5.74, 6) is -1.02. The summed E-state index contributed by atoms with van der Waals surface area (Å²) < 4.78 is 5.16. The zero-order chi connectivity index (χ0) is 15.6. The average molecular weight is 313 g/mol. The fourth-order valence-electron chi connectivity index (χ4n) is 2.40. The molecule has 1 fully saturated rings. The highest BCUT2D eigenvalue weighted by molar-refractivity contribution is 7.15. The molecule has 1 aliphatic heterocycles. The van der Waals surface area contributed by atoms with Gasteiger partial charge in [-0.25, -0.2) is 14.6 Å². The number of likely N-dealkylation sites (tertiary alicyclic amines) is 1. The van der Waals surface area contributed by atoms with Gasteiger partial charge in [-0.15, -0.1) is 11.3 Å². The molecule has 0 saturated carbocycles. The van der Waals surface area contributed by atoms with Crippen LogP contribution in [0.2, 0.25) is 0 Å². The van der Waals surface area contributed by atoms with Gasteiger partial charge in [0.05, 0.1) is 11.8 Å². The van der Waals surface area contributed by atoms with Gasteiger partial charge in [0, 0.05) is 25.0 Å². The first-order valence-corrected chi connectivity index (χ1v) is 7.57. The summed E-state index contributed by atoms with van der Waals surface area (Å²) in [6.07, 6.45) is 0.850. The summed E-state index contributed by atoms with van der Waals surface area (Å²) in [5.41, 5.74) is 0.946. The van der Waals surface area contributed by atoms with Crippen LogP contribution >= 0.6 is 11.3 Å². The Bertz CT molecular complexity index is 546. The Labute approximate surface area is 126 Å². The van der Waals surface area contributed by atoms with Crippen LogP contribution in [0, 0.1) is 6.92 Å². The average Bonchev–Trinajstić information content (AvgIpc) is 3.02. The molecule has 116 valence electrons. The topological polar surface area (TPSA) is 91.8 Å². The quantitative estimate of drug-likeness (QED) is 0.883. The van der Waals surface area contributed by atoms with Crippen LogP contribution in [0.25, 0.3) is 0 Å². The first-order chi connectivity index (χ1) is 9.96. The Morgan fingerprint density at radius 3 is 2.81 bits per heavy atom. The number of aliphatic carboxylic acids is 1. The molecule has 1 aromatic rings. The van der Waals surface area contributed by atoms with Crippen LogP contribution in [0.1, 0.15) is 23.9 Å². The number of urea groups is 1. The number of methoxy groups -OCH3 is 1. The Hall–Kier alpha value is -1.67. The van der Waals surface area contributed by atoms with Gasteiger partial charge >= 0.3 is 12.0 Å². The molecular weight excluding hydrogens is 294 g/mol. The third-order valence-electron chi connectivity index (χ3n) is 3.58. The highest BCUT2D eigenvalue weighted by atomic mass is 32.1. The van der Waals surface area contributed by atoms with Gasteiger partial charge in [0.2, 0.25) is 0 Å². The predicted octanol–water partition coefficient (Wildman–Crippen LogP) is 1.72. The van der Waals surface area contributed by atoms with E-state index in [1.54, 1.807) is 0 Å². The highest BCUT2D eigenvalue weighted by Crippen LogP contribution is 2.25. The van der Waals surface area contributed by atoms with Gasteiger partial charge < -0.3 is 14.7 Å². The number of ether oxygens (including phenoxy) is 1. The summed E-state index contributed by atoms with van der Waals surface area (Å²) in [7, 11) is 1.52. The number of nitrogens with one attached hydrogen (secondary N) is 1. The minimum absolute atomic E-state index is 0.249. The molecule has 7 nitrogen and oxygen atoms in total. The van der Waals surface area contributed by atoms with E-state index in [-0.39, 0.29) is 12.6 Å². The fourth-order valence-corrected chi connectivity index (χ4v) is 3.29. The molecule has 2 atom stereocenters. The summed E-state index contributed by atoms with van der Waals surface area (Å²) in [6, 6.07) is -1.31. The lowest BCUT2D eigenvalue weighted by Gasteiger charge is -2.20. The van der Waals surface area contributed by atoms with Gasteiger partial charge in [0.15, 0.2) is 5.13 Å². The molecule has 2 unspecified atom stereocenters. The number of carbonyl (C=O) groups excluding carboxylic acids is 1. The maximum Gasteiger partial charge on any atom is 0.326 e. The second-order valence-electron chi connectivity index (χ2n) is 4.91. The van der Waals surface area contributed by atoms with Crippen molar-refractivity contribution in [2.75, 3.05) is 19.0 Å². The van der Waals surface area contributed by atoms with Crippen molar-refractivity contribution in [3.63, 3.8) is 0 Å². The SMILES string of the molecule is CCc1nc(NC(=O)N2CC(OC)CC2C(=O)O)sc1C. The molecule has 2 heterocycles. The molecule has 2 rings (SSSR count). The van der Waals surface area contributed by atoms with Crippen molar-refractivity contribution in [2.24, 2.45) is 0 Å². The number of nitrogens with zero attached hydrogens (tertiary/aromatic N) is 2. The van der Waals surface area contributed by atoms with Gasteiger partial charge in [-0.3, -0.25) is 5.32 Å². The number of hydrogen-bond donors (Lipinski definition) is 2. The number of hydrogen-bond acceptors (Lipinski definition) is 5. The molecule has 0 radical (unpaired) electrons. The smallest absolute Gasteiger partial charge is 0.326 e. The van der Waals surface area contributed by atoms with Crippen LogP contribution in [-0.4, -0.2) is 52.8 Å². The highest BCUT2D eigenvalue weighted by Gasteiger charge is 2.40. The molecule has 1 saturated heterocycles. The molecule has 0 spiro atoms. The largest absolute Gasteiger partial charge is 0.480 e. The van der Waals surface area contributed by atoms with E-state index in [1.807, 2.05) is 13.8 Å². The van der Waals surface area contributed by atoms with Crippen molar-refractivity contribution in [1.82, 2.24) is 9.88 Å². The third kappa shape index (κ3) is 3.33. The zero-order valence-corrected chi connectivity index (χ0v) is 13.1. The van der Waals surface area contributed by atoms with E-state index >= 15 is 0 Å². The van der Waals surface area contributed by atoms with Crippen LogP contribution < -0.4 is 5.32 Å². The van der Waals surface area contributed by atoms with E-state index in [0.717, 1.165) is 17.0 Å². The molecular formula is C13H19N3O4S. The Balaban J connectivity index is 2.09. The van der Waals surface area contributed by atoms with Crippen molar-refractivity contribution >= 4 is 28.5 Å². The lowest BCUT2D eigenvalue weighted by Crippen LogP contribution is -2.43. The normalized spacial score (nSPS) is 21.6. The molecule has 1 aromatic heterocycles. The van der Waals surface area contributed by atoms with Crippen LogP contribution in [0.5, 0.6) is 0 Å². The summed E-state index contributed by atoms with van der Waals surface area (Å²) in [6.45, 7) is 4.21. The third-order valence-corrected chi connectivity index (χ3v) is 4.51. The number of aryl methyl sites for hydroxylation is 2. The predicted molar refractivity (Wildman–Crippen MR) is 78.8 cm³/mol. The minimum Gasteiger partial charge on any atom is -0.480 e. The Morgan fingerprint density at radius 2 is 2.29 bits per heavy atom. The van der Waals surface area contributed by atoms with Gasteiger partial charge in [-0.05, 0) is 13.3 Å². The zero-order valence-electron chi connectivity index (χ0n) is 12.3. The van der Waals surface area contributed by atoms with Crippen molar-refractivity contribution in [2.45, 2.75) is 38.8 Å². The number of carboxylic acid groups (broad SMARTS) is 1. The number of aromatic nitrogens is 1. The Kier molecular flexibility index (Phi) is 4.79. The van der Waals surface area contributed by atoms with E-state index < -0.39 is 18.0 Å². The number of thiazole rings is 1. The van der Waals surface area contributed by atoms with Crippen LogP contribution in [0.15, 0.2) is 0 Å². The van der Waals surface area contributed by atoms with E-state index in [9.17, 15) is 14.7 Å². The molecule has 0 bridgehead atoms. The van der Waals surface area contributed by atoms with Crippen molar-refractivity contribution in [3.8, 4) is 0 Å². The summed E-state index contributed by atoms with van der Waals surface area (Å²) >= 11 is 1.39. The molecule has 0 aromatic carbocycles. The second-order valence-corrected chi connectivity index (χ2v) is 6.11. The first kappa shape index (κ1) is 15.7. The number of anilines is 1. The van der Waals surface area contributed by atoms with E-state index in [1.165, 1.54) is 23.3 Å². The number of amides is 2. The standard InChI is InChI=1S/C13H19N3O4S/c1-4-9-7(2)21-12(14-9)15-13(19)16-6-8(20-3)5-10(16)11(17)18/h8,10H,4-6H2,1-3H3,(H,17,18)(H,14,15,19). The lowest BCUT2D eigenvalue weighted by atomic mass is 10.2. The monoisotopic (exact) mass is 313 g/mol. The van der Waals surface area contributed by atoms with Gasteiger partial charge in [0.25, 0.3) is 0 Å². The van der Waals surface area contributed by atoms with Gasteiger partial charge in [-0.2, -0.15) is 0 Å². The Morgan fingerprint density at radius 1 is 1.57 bits per heavy atom. The fraction of sp³-hybridized carbons (Fsp3) is 0.615. The summed E-state index contributed by atoms with van der Waals surface area (Å²) in [4.78, 5) is 30.2. The van der Waals surface area contributed by atoms with Crippen LogP contribution in [-0.2, 0) is 16.0 Å². The summed E-state index contributed by atoms with van der Waals surface area (Å²) in [5, 5.41) is 12.4. The lowest BCUT2D eigenvalue weighted by molar-refractivity contribution is -0.141. The first-order valence-electron chi connectivity index (χ1n) is 6.75. The molecule has 2 N–H and O–H groups in total. The molecule has 2 amide bonds. The van der Waals surface area contributed by atoms with Crippen molar-refractivity contribution in [1.29, 1.82) is 0 Å².